The van der Waals surface area contributed by atoms with E-state index in [0.29, 0.717) is 35.0 Å². The van der Waals surface area contributed by atoms with Crippen LogP contribution in [0.4, 0.5) is 17.2 Å². The molecule has 7 heteroatoms. The summed E-state index contributed by atoms with van der Waals surface area (Å²) in [7, 11) is 1.31. The first kappa shape index (κ1) is 19.9. The second kappa shape index (κ2) is 9.36. The van der Waals surface area contributed by atoms with Gasteiger partial charge in [0.2, 0.25) is 0 Å². The molecule has 1 aromatic heterocycles. The zero-order valence-electron chi connectivity index (χ0n) is 16.1. The van der Waals surface area contributed by atoms with Gasteiger partial charge < -0.3 is 20.1 Å². The molecule has 0 fully saturated rings. The van der Waals surface area contributed by atoms with Crippen LogP contribution in [0.1, 0.15) is 27.6 Å². The van der Waals surface area contributed by atoms with Crippen molar-refractivity contribution in [3.05, 3.63) is 78.0 Å². The summed E-state index contributed by atoms with van der Waals surface area (Å²) >= 11 is 0. The van der Waals surface area contributed by atoms with Gasteiger partial charge in [-0.25, -0.2) is 9.78 Å². The maximum Gasteiger partial charge on any atom is 0.337 e. The van der Waals surface area contributed by atoms with Gasteiger partial charge in [-0.3, -0.25) is 4.79 Å². The Bertz CT molecular complexity index is 1020. The molecule has 0 aliphatic carbocycles. The van der Waals surface area contributed by atoms with E-state index in [1.165, 1.54) is 7.11 Å². The summed E-state index contributed by atoms with van der Waals surface area (Å²) in [5.41, 5.74) is 2.02. The smallest absolute Gasteiger partial charge is 0.337 e. The molecule has 0 saturated heterocycles. The average Bonchev–Trinajstić information content (AvgIpc) is 2.75. The number of nitrogens with zero attached hydrogens (tertiary/aromatic N) is 1. The SMILES string of the molecule is CCOc1ccccc1Nc1cc(C(=O)Nc2cccc(C(=O)OC)c2)ccn1. The normalized spacial score (nSPS) is 10.1. The summed E-state index contributed by atoms with van der Waals surface area (Å²) < 4.78 is 10.3. The molecule has 3 rings (SSSR count). The Morgan fingerprint density at radius 3 is 2.62 bits per heavy atom. The molecule has 0 aliphatic rings. The minimum Gasteiger partial charge on any atom is -0.492 e. The molecule has 29 heavy (non-hydrogen) atoms. The lowest BCUT2D eigenvalue weighted by Gasteiger charge is -2.12. The second-order valence-corrected chi connectivity index (χ2v) is 6.01. The fourth-order valence-corrected chi connectivity index (χ4v) is 2.67. The quantitative estimate of drug-likeness (QED) is 0.585. The Morgan fingerprint density at radius 1 is 1.00 bits per heavy atom. The number of rotatable bonds is 7. The van der Waals surface area contributed by atoms with Crippen molar-refractivity contribution in [2.24, 2.45) is 0 Å². The number of para-hydroxylation sites is 2. The van der Waals surface area contributed by atoms with E-state index < -0.39 is 5.97 Å². The van der Waals surface area contributed by atoms with Gasteiger partial charge in [0.25, 0.3) is 5.91 Å². The fraction of sp³-hybridized carbons (Fsp3) is 0.136. The molecule has 0 saturated carbocycles. The highest BCUT2D eigenvalue weighted by Crippen LogP contribution is 2.27. The van der Waals surface area contributed by atoms with E-state index in [-0.39, 0.29) is 5.91 Å². The molecule has 3 aromatic rings. The van der Waals surface area contributed by atoms with E-state index in [1.54, 1.807) is 42.6 Å². The van der Waals surface area contributed by atoms with Crippen LogP contribution in [0.15, 0.2) is 66.9 Å². The Labute approximate surface area is 168 Å². The van der Waals surface area contributed by atoms with Crippen LogP contribution in [0.3, 0.4) is 0 Å². The van der Waals surface area contributed by atoms with E-state index in [2.05, 4.69) is 15.6 Å². The molecule has 0 unspecified atom stereocenters. The number of benzene rings is 2. The van der Waals surface area contributed by atoms with Crippen LogP contribution < -0.4 is 15.4 Å². The lowest BCUT2D eigenvalue weighted by molar-refractivity contribution is 0.0600. The second-order valence-electron chi connectivity index (χ2n) is 6.01. The average molecular weight is 391 g/mol. The topological polar surface area (TPSA) is 89.6 Å². The monoisotopic (exact) mass is 391 g/mol. The van der Waals surface area contributed by atoms with E-state index >= 15 is 0 Å². The van der Waals surface area contributed by atoms with E-state index in [0.717, 1.165) is 5.69 Å². The number of esters is 1. The first-order valence-corrected chi connectivity index (χ1v) is 9.05. The number of ether oxygens (including phenoxy) is 2. The van der Waals surface area contributed by atoms with E-state index in [1.807, 2.05) is 31.2 Å². The molecule has 0 aliphatic heterocycles. The van der Waals surface area contributed by atoms with Gasteiger partial charge in [-0.15, -0.1) is 0 Å². The third-order valence-corrected chi connectivity index (χ3v) is 4.01. The third-order valence-electron chi connectivity index (χ3n) is 4.01. The molecule has 148 valence electrons. The van der Waals surface area contributed by atoms with Crippen molar-refractivity contribution < 1.29 is 19.1 Å². The molecule has 1 amide bonds. The summed E-state index contributed by atoms with van der Waals surface area (Å²) in [6, 6.07) is 17.3. The molecule has 0 spiro atoms. The van der Waals surface area contributed by atoms with Crippen LogP contribution in [0.2, 0.25) is 0 Å². The van der Waals surface area contributed by atoms with Gasteiger partial charge in [0, 0.05) is 17.4 Å². The van der Waals surface area contributed by atoms with Gasteiger partial charge in [0.05, 0.1) is 25.0 Å². The number of methoxy groups -OCH3 is 1. The lowest BCUT2D eigenvalue weighted by Crippen LogP contribution is -2.13. The van der Waals surface area contributed by atoms with Crippen molar-refractivity contribution in [2.45, 2.75) is 6.92 Å². The molecular weight excluding hydrogens is 370 g/mol. The summed E-state index contributed by atoms with van der Waals surface area (Å²) in [5.74, 6) is 0.416. The maximum absolute atomic E-state index is 12.6. The van der Waals surface area contributed by atoms with Crippen molar-refractivity contribution >= 4 is 29.1 Å². The van der Waals surface area contributed by atoms with Gasteiger partial charge in [-0.05, 0) is 49.4 Å². The van der Waals surface area contributed by atoms with Crippen molar-refractivity contribution in [1.29, 1.82) is 0 Å². The summed E-state index contributed by atoms with van der Waals surface area (Å²) in [6.45, 7) is 2.45. The van der Waals surface area contributed by atoms with Gasteiger partial charge in [0.1, 0.15) is 11.6 Å². The number of hydrogen-bond donors (Lipinski definition) is 2. The van der Waals surface area contributed by atoms with E-state index in [4.69, 9.17) is 9.47 Å². The van der Waals surface area contributed by atoms with E-state index in [9.17, 15) is 9.59 Å². The Hall–Kier alpha value is -3.87. The molecule has 7 nitrogen and oxygen atoms in total. The van der Waals surface area contributed by atoms with Crippen molar-refractivity contribution in [1.82, 2.24) is 4.98 Å². The Kier molecular flexibility index (Phi) is 6.42. The minimum absolute atomic E-state index is 0.324. The number of anilines is 3. The molecule has 2 N–H and O–H groups in total. The van der Waals surface area contributed by atoms with Crippen molar-refractivity contribution in [3.63, 3.8) is 0 Å². The molecule has 1 heterocycles. The van der Waals surface area contributed by atoms with Crippen LogP contribution in [0.25, 0.3) is 0 Å². The number of aromatic nitrogens is 1. The lowest BCUT2D eigenvalue weighted by atomic mass is 10.2. The standard InChI is InChI=1S/C22H21N3O4/c1-3-29-19-10-5-4-9-18(19)25-20-14-15(11-12-23-20)21(26)24-17-8-6-7-16(13-17)22(27)28-2/h4-14H,3H2,1-2H3,(H,23,25)(H,24,26). The van der Waals surface area contributed by atoms with Crippen LogP contribution in [-0.2, 0) is 4.74 Å². The number of amides is 1. The molecular formula is C22H21N3O4. The number of carbonyl (C=O) groups excluding carboxylic acids is 2. The fourth-order valence-electron chi connectivity index (χ4n) is 2.67. The highest BCUT2D eigenvalue weighted by atomic mass is 16.5. The first-order chi connectivity index (χ1) is 14.1. The van der Waals surface area contributed by atoms with Crippen LogP contribution in [0.5, 0.6) is 5.75 Å². The van der Waals surface area contributed by atoms with Gasteiger partial charge in [-0.2, -0.15) is 0 Å². The summed E-state index contributed by atoms with van der Waals surface area (Å²) in [4.78, 5) is 28.5. The predicted molar refractivity (Wildman–Crippen MR) is 111 cm³/mol. The molecule has 0 atom stereocenters. The van der Waals surface area contributed by atoms with Crippen molar-refractivity contribution in [2.75, 3.05) is 24.4 Å². The van der Waals surface area contributed by atoms with Crippen molar-refractivity contribution in [3.8, 4) is 5.75 Å². The highest BCUT2D eigenvalue weighted by molar-refractivity contribution is 6.05. The minimum atomic E-state index is -0.468. The zero-order valence-corrected chi connectivity index (χ0v) is 16.1. The number of nitrogens with one attached hydrogen (secondary N) is 2. The van der Waals surface area contributed by atoms with Gasteiger partial charge in [-0.1, -0.05) is 18.2 Å². The summed E-state index contributed by atoms with van der Waals surface area (Å²) in [6.07, 6.45) is 1.55. The Morgan fingerprint density at radius 2 is 1.83 bits per heavy atom. The maximum atomic E-state index is 12.6. The molecule has 0 bridgehead atoms. The first-order valence-electron chi connectivity index (χ1n) is 9.05. The number of hydrogen-bond acceptors (Lipinski definition) is 6. The van der Waals surface area contributed by atoms with Crippen LogP contribution >= 0.6 is 0 Å². The predicted octanol–water partition coefficient (Wildman–Crippen LogP) is 4.26. The molecule has 0 radical (unpaired) electrons. The zero-order chi connectivity index (χ0) is 20.6. The summed E-state index contributed by atoms with van der Waals surface area (Å²) in [5, 5.41) is 5.94. The van der Waals surface area contributed by atoms with Crippen LogP contribution in [-0.4, -0.2) is 30.6 Å². The Balaban J connectivity index is 1.76. The van der Waals surface area contributed by atoms with Gasteiger partial charge in [0.15, 0.2) is 0 Å². The number of pyridine rings is 1. The number of carbonyl (C=O) groups is 2. The highest BCUT2D eigenvalue weighted by Gasteiger charge is 2.11. The largest absolute Gasteiger partial charge is 0.492 e. The van der Waals surface area contributed by atoms with Crippen LogP contribution in [0, 0.1) is 0 Å². The third kappa shape index (κ3) is 5.10. The van der Waals surface area contributed by atoms with Gasteiger partial charge >= 0.3 is 5.97 Å². The molecule has 2 aromatic carbocycles.